The molecule has 0 saturated heterocycles. The van der Waals surface area contributed by atoms with Gasteiger partial charge in [-0.25, -0.2) is 0 Å². The van der Waals surface area contributed by atoms with Gasteiger partial charge >= 0.3 is 0 Å². The van der Waals surface area contributed by atoms with Gasteiger partial charge in [0.05, 0.1) is 33.0 Å². The first-order valence-corrected chi connectivity index (χ1v) is 6.08. The lowest BCUT2D eigenvalue weighted by atomic mass is 10.4. The van der Waals surface area contributed by atoms with Crippen LogP contribution in [0, 0.1) is 0 Å². The van der Waals surface area contributed by atoms with Gasteiger partial charge in [0.25, 0.3) is 0 Å². The minimum Gasteiger partial charge on any atom is -0.382 e. The molecule has 0 radical (unpaired) electrons. The molecule has 0 spiro atoms. The van der Waals surface area contributed by atoms with Crippen molar-refractivity contribution in [1.29, 1.82) is 0 Å². The Bertz CT molecular complexity index is 179. The van der Waals surface area contributed by atoms with Crippen LogP contribution in [0.15, 0.2) is 0 Å². The molecule has 0 fully saturated rings. The predicted molar refractivity (Wildman–Crippen MR) is 68.1 cm³/mol. The third-order valence-electron chi connectivity index (χ3n) is 2.23. The molecule has 1 atom stereocenters. The highest BCUT2D eigenvalue weighted by Crippen LogP contribution is 2.02. The number of methoxy groups -OCH3 is 4. The molecule has 0 aromatic heterocycles. The Hall–Kier alpha value is -0.280. The van der Waals surface area contributed by atoms with Crippen molar-refractivity contribution in [3.63, 3.8) is 0 Å². The second kappa shape index (κ2) is 12.7. The normalized spacial score (nSPS) is 13.4. The van der Waals surface area contributed by atoms with Crippen molar-refractivity contribution in [3.8, 4) is 0 Å². The fourth-order valence-electron chi connectivity index (χ4n) is 1.49. The maximum atomic E-state index is 9.72. The number of hydrogen-bond donors (Lipinski definition) is 1. The quantitative estimate of drug-likeness (QED) is 0.463. The number of aliphatic hydroxyl groups is 1. The Kier molecular flexibility index (Phi) is 12.6. The van der Waals surface area contributed by atoms with E-state index < -0.39 is 6.29 Å². The van der Waals surface area contributed by atoms with Crippen molar-refractivity contribution in [1.82, 2.24) is 0 Å². The lowest BCUT2D eigenvalue weighted by molar-refractivity contribution is -0.198. The summed E-state index contributed by atoms with van der Waals surface area (Å²) in [5.74, 6) is 0. The first-order valence-electron chi connectivity index (χ1n) is 6.08. The van der Waals surface area contributed by atoms with E-state index in [0.717, 1.165) is 0 Å². The summed E-state index contributed by atoms with van der Waals surface area (Å²) in [5.41, 5.74) is 0. The van der Waals surface area contributed by atoms with E-state index >= 15 is 0 Å². The highest BCUT2D eigenvalue weighted by molar-refractivity contribution is 4.58. The molecule has 0 saturated carbocycles. The van der Waals surface area contributed by atoms with E-state index in [9.17, 15) is 5.11 Å². The first-order chi connectivity index (χ1) is 9.17. The zero-order valence-electron chi connectivity index (χ0n) is 12.2. The van der Waals surface area contributed by atoms with E-state index in [-0.39, 0.29) is 18.8 Å². The average molecular weight is 282 g/mol. The van der Waals surface area contributed by atoms with E-state index in [0.29, 0.717) is 26.4 Å². The van der Waals surface area contributed by atoms with E-state index in [1.54, 1.807) is 28.4 Å². The number of hydrogen-bond acceptors (Lipinski definition) is 7. The van der Waals surface area contributed by atoms with Crippen LogP contribution in [-0.2, 0) is 28.4 Å². The SMILES string of the molecule is COCC(COC)OCC(O)OC(COC)COC. The zero-order valence-corrected chi connectivity index (χ0v) is 12.2. The van der Waals surface area contributed by atoms with Gasteiger partial charge in [-0.05, 0) is 0 Å². The Morgan fingerprint density at radius 1 is 0.684 bits per heavy atom. The van der Waals surface area contributed by atoms with Crippen molar-refractivity contribution in [2.75, 3.05) is 61.5 Å². The van der Waals surface area contributed by atoms with Gasteiger partial charge in [0.1, 0.15) is 12.2 Å². The second-order valence-corrected chi connectivity index (χ2v) is 3.99. The van der Waals surface area contributed by atoms with Crippen LogP contribution in [-0.4, -0.2) is 85.1 Å². The van der Waals surface area contributed by atoms with Gasteiger partial charge in [-0.1, -0.05) is 0 Å². The van der Waals surface area contributed by atoms with E-state index in [1.165, 1.54) is 0 Å². The number of ether oxygens (including phenoxy) is 6. The van der Waals surface area contributed by atoms with E-state index in [1.807, 2.05) is 0 Å². The molecule has 0 aromatic carbocycles. The summed E-state index contributed by atoms with van der Waals surface area (Å²) in [5, 5.41) is 9.72. The minimum atomic E-state index is -1.05. The largest absolute Gasteiger partial charge is 0.382 e. The van der Waals surface area contributed by atoms with Crippen LogP contribution in [0.5, 0.6) is 0 Å². The van der Waals surface area contributed by atoms with E-state index in [4.69, 9.17) is 28.4 Å². The molecule has 0 rings (SSSR count). The van der Waals surface area contributed by atoms with Crippen LogP contribution >= 0.6 is 0 Å². The highest BCUT2D eigenvalue weighted by atomic mass is 16.7. The molecule has 0 amide bonds. The Morgan fingerprint density at radius 3 is 1.53 bits per heavy atom. The molecule has 19 heavy (non-hydrogen) atoms. The highest BCUT2D eigenvalue weighted by Gasteiger charge is 2.17. The van der Waals surface area contributed by atoms with Crippen LogP contribution in [0.2, 0.25) is 0 Å². The third-order valence-corrected chi connectivity index (χ3v) is 2.23. The topological polar surface area (TPSA) is 75.6 Å². The summed E-state index contributed by atoms with van der Waals surface area (Å²) in [7, 11) is 6.27. The summed E-state index contributed by atoms with van der Waals surface area (Å²) in [4.78, 5) is 0. The Labute approximate surface area is 114 Å². The molecular formula is C12H26O7. The van der Waals surface area contributed by atoms with Crippen LogP contribution in [0.25, 0.3) is 0 Å². The molecule has 0 aliphatic carbocycles. The van der Waals surface area contributed by atoms with Crippen molar-refractivity contribution >= 4 is 0 Å². The lowest BCUT2D eigenvalue weighted by Gasteiger charge is -2.22. The van der Waals surface area contributed by atoms with Crippen LogP contribution in [0.1, 0.15) is 0 Å². The molecular weight excluding hydrogens is 256 g/mol. The van der Waals surface area contributed by atoms with Crippen LogP contribution in [0.3, 0.4) is 0 Å². The fraction of sp³-hybridized carbons (Fsp3) is 1.00. The smallest absolute Gasteiger partial charge is 0.178 e. The van der Waals surface area contributed by atoms with Gasteiger partial charge in [-0.3, -0.25) is 0 Å². The molecule has 0 bridgehead atoms. The van der Waals surface area contributed by atoms with Gasteiger partial charge < -0.3 is 33.5 Å². The molecule has 1 unspecified atom stereocenters. The monoisotopic (exact) mass is 282 g/mol. The van der Waals surface area contributed by atoms with Gasteiger partial charge in [0, 0.05) is 28.4 Å². The zero-order chi connectivity index (χ0) is 14.5. The van der Waals surface area contributed by atoms with Crippen molar-refractivity contribution in [3.05, 3.63) is 0 Å². The summed E-state index contributed by atoms with van der Waals surface area (Å²) in [6, 6.07) is 0. The van der Waals surface area contributed by atoms with Crippen LogP contribution < -0.4 is 0 Å². The summed E-state index contributed by atoms with van der Waals surface area (Å²) >= 11 is 0. The summed E-state index contributed by atoms with van der Waals surface area (Å²) in [6.45, 7) is 1.48. The molecule has 7 nitrogen and oxygen atoms in total. The average Bonchev–Trinajstić information content (AvgIpc) is 2.37. The molecule has 116 valence electrons. The lowest BCUT2D eigenvalue weighted by Crippen LogP contribution is -2.35. The van der Waals surface area contributed by atoms with Crippen LogP contribution in [0.4, 0.5) is 0 Å². The minimum absolute atomic E-state index is 0.0291. The number of aliphatic hydroxyl groups excluding tert-OH is 1. The summed E-state index contributed by atoms with van der Waals surface area (Å²) < 4.78 is 30.7. The number of rotatable bonds is 13. The maximum Gasteiger partial charge on any atom is 0.178 e. The second-order valence-electron chi connectivity index (χ2n) is 3.99. The Morgan fingerprint density at radius 2 is 1.11 bits per heavy atom. The van der Waals surface area contributed by atoms with Crippen molar-refractivity contribution in [2.45, 2.75) is 18.5 Å². The van der Waals surface area contributed by atoms with Crippen molar-refractivity contribution < 1.29 is 33.5 Å². The van der Waals surface area contributed by atoms with E-state index in [2.05, 4.69) is 0 Å². The molecule has 0 heterocycles. The molecule has 1 N–H and O–H groups in total. The van der Waals surface area contributed by atoms with Gasteiger partial charge in [0.15, 0.2) is 6.29 Å². The molecule has 7 heteroatoms. The predicted octanol–water partition coefficient (Wildman–Crippen LogP) is -0.339. The van der Waals surface area contributed by atoms with Gasteiger partial charge in [0.2, 0.25) is 0 Å². The standard InChI is InChI=1S/C12H26O7/c1-14-5-10(6-15-2)18-9-12(13)19-11(7-16-3)8-17-4/h10-13H,5-9H2,1-4H3. The van der Waals surface area contributed by atoms with Gasteiger partial charge in [-0.2, -0.15) is 0 Å². The van der Waals surface area contributed by atoms with Gasteiger partial charge in [-0.15, -0.1) is 0 Å². The fourth-order valence-corrected chi connectivity index (χ4v) is 1.49. The third kappa shape index (κ3) is 10.2. The van der Waals surface area contributed by atoms with Crippen molar-refractivity contribution in [2.24, 2.45) is 0 Å². The molecule has 0 aliphatic heterocycles. The molecule has 0 aliphatic rings. The maximum absolute atomic E-state index is 9.72. The Balaban J connectivity index is 3.94. The molecule has 0 aromatic rings. The first kappa shape index (κ1) is 18.7. The summed E-state index contributed by atoms with van der Waals surface area (Å²) in [6.07, 6.45) is -1.63.